The van der Waals surface area contributed by atoms with Crippen molar-refractivity contribution in [2.24, 2.45) is 0 Å². The maximum atomic E-state index is 12.8. The molecule has 4 rings (SSSR count). The smallest absolute Gasteiger partial charge is 0.253 e. The van der Waals surface area contributed by atoms with E-state index in [-0.39, 0.29) is 17.6 Å². The second-order valence-corrected chi connectivity index (χ2v) is 7.47. The van der Waals surface area contributed by atoms with Crippen molar-refractivity contribution in [3.8, 4) is 5.75 Å². The fourth-order valence-corrected chi connectivity index (χ4v) is 4.10. The maximum Gasteiger partial charge on any atom is 0.253 e. The number of benzene rings is 2. The zero-order valence-electron chi connectivity index (χ0n) is 14.6. The molecule has 0 radical (unpaired) electrons. The van der Waals surface area contributed by atoms with Gasteiger partial charge < -0.3 is 14.4 Å². The number of halogens is 1. The molecule has 0 bridgehead atoms. The fourth-order valence-electron chi connectivity index (χ4n) is 3.92. The largest absolute Gasteiger partial charge is 0.486 e. The average molecular weight is 372 g/mol. The third kappa shape index (κ3) is 3.57. The van der Waals surface area contributed by atoms with Crippen LogP contribution in [-0.2, 0) is 4.74 Å². The van der Waals surface area contributed by atoms with Crippen LogP contribution in [0.2, 0.25) is 5.02 Å². The summed E-state index contributed by atoms with van der Waals surface area (Å²) in [5, 5.41) is 0.609. The predicted octanol–water partition coefficient (Wildman–Crippen LogP) is 4.18. The van der Waals surface area contributed by atoms with Gasteiger partial charge in [0, 0.05) is 18.5 Å². The summed E-state index contributed by atoms with van der Waals surface area (Å²) in [6, 6.07) is 16.9. The zero-order chi connectivity index (χ0) is 18.0. The van der Waals surface area contributed by atoms with Gasteiger partial charge in [0.2, 0.25) is 0 Å². The number of likely N-dealkylation sites (tertiary alicyclic amines) is 1. The van der Waals surface area contributed by atoms with Gasteiger partial charge in [-0.3, -0.25) is 4.79 Å². The van der Waals surface area contributed by atoms with Crippen molar-refractivity contribution in [2.45, 2.75) is 31.0 Å². The highest BCUT2D eigenvalue weighted by Gasteiger charge is 2.45. The van der Waals surface area contributed by atoms with E-state index in [0.29, 0.717) is 23.9 Å². The first kappa shape index (κ1) is 17.4. The number of carbonyl (C=O) groups excluding carboxylic acids is 1. The van der Waals surface area contributed by atoms with E-state index in [0.717, 1.165) is 31.4 Å². The highest BCUT2D eigenvalue weighted by Crippen LogP contribution is 2.37. The Balaban J connectivity index is 1.43. The number of nitrogens with zero attached hydrogens (tertiary/aromatic N) is 1. The second kappa shape index (κ2) is 7.29. The van der Waals surface area contributed by atoms with Crippen LogP contribution in [-0.4, -0.2) is 42.2 Å². The normalized spacial score (nSPS) is 25.4. The Bertz CT molecular complexity index is 782. The Morgan fingerprint density at radius 2 is 1.92 bits per heavy atom. The third-order valence-corrected chi connectivity index (χ3v) is 5.47. The number of ether oxygens (including phenoxy) is 2. The predicted molar refractivity (Wildman–Crippen MR) is 101 cm³/mol. The number of carbonyl (C=O) groups is 1. The monoisotopic (exact) mass is 371 g/mol. The molecule has 0 N–H and O–H groups in total. The summed E-state index contributed by atoms with van der Waals surface area (Å²) in [5.74, 6) is 0.761. The van der Waals surface area contributed by atoms with Crippen LogP contribution in [0.1, 0.15) is 29.6 Å². The van der Waals surface area contributed by atoms with E-state index < -0.39 is 0 Å². The van der Waals surface area contributed by atoms with Crippen molar-refractivity contribution in [1.82, 2.24) is 4.90 Å². The molecule has 0 unspecified atom stereocenters. The summed E-state index contributed by atoms with van der Waals surface area (Å²) in [4.78, 5) is 14.7. The van der Waals surface area contributed by atoms with Crippen LogP contribution in [0.4, 0.5) is 0 Å². The Labute approximate surface area is 158 Å². The summed E-state index contributed by atoms with van der Waals surface area (Å²) in [5.41, 5.74) is 0.417. The summed E-state index contributed by atoms with van der Waals surface area (Å²) < 4.78 is 12.2. The van der Waals surface area contributed by atoms with Gasteiger partial charge >= 0.3 is 0 Å². The lowest BCUT2D eigenvalue weighted by Crippen LogP contribution is -2.50. The summed E-state index contributed by atoms with van der Waals surface area (Å²) in [6.45, 7) is 1.91. The Morgan fingerprint density at radius 1 is 1.15 bits per heavy atom. The molecule has 26 heavy (non-hydrogen) atoms. The lowest BCUT2D eigenvalue weighted by atomic mass is 9.89. The number of hydrogen-bond donors (Lipinski definition) is 0. The van der Waals surface area contributed by atoms with Gasteiger partial charge in [-0.2, -0.15) is 0 Å². The zero-order valence-corrected chi connectivity index (χ0v) is 15.3. The first-order valence-corrected chi connectivity index (χ1v) is 9.42. The standard InChI is InChI=1S/C21H22ClNO3/c22-18-9-4-5-10-19(18)26-17-13-21(25-14-17)11-6-12-23(15-21)20(24)16-7-2-1-3-8-16/h1-5,7-10,17H,6,11-15H2/t17-,21+/m1/s1. The molecule has 0 aliphatic carbocycles. The SMILES string of the molecule is O=C(c1ccccc1)N1CCC[C@]2(C[C@@H](Oc3ccccc3Cl)CO2)C1. The topological polar surface area (TPSA) is 38.8 Å². The molecule has 2 atom stereocenters. The molecule has 2 heterocycles. The lowest BCUT2D eigenvalue weighted by molar-refractivity contribution is -0.0453. The first-order valence-electron chi connectivity index (χ1n) is 9.05. The van der Waals surface area contributed by atoms with Gasteiger partial charge in [0.25, 0.3) is 5.91 Å². The molecule has 2 aromatic rings. The quantitative estimate of drug-likeness (QED) is 0.812. The van der Waals surface area contributed by atoms with E-state index in [4.69, 9.17) is 21.1 Å². The molecule has 5 heteroatoms. The molecule has 2 aromatic carbocycles. The second-order valence-electron chi connectivity index (χ2n) is 7.06. The van der Waals surface area contributed by atoms with E-state index >= 15 is 0 Å². The van der Waals surface area contributed by atoms with E-state index in [1.165, 1.54) is 0 Å². The summed E-state index contributed by atoms with van der Waals surface area (Å²) in [6.07, 6.45) is 2.63. The van der Waals surface area contributed by atoms with Crippen molar-refractivity contribution >= 4 is 17.5 Å². The summed E-state index contributed by atoms with van der Waals surface area (Å²) >= 11 is 6.19. The number of rotatable bonds is 3. The Morgan fingerprint density at radius 3 is 2.73 bits per heavy atom. The molecule has 136 valence electrons. The molecular formula is C21H22ClNO3. The average Bonchev–Trinajstić information content (AvgIpc) is 3.05. The molecule has 4 nitrogen and oxygen atoms in total. The van der Waals surface area contributed by atoms with E-state index in [1.54, 1.807) is 0 Å². The molecule has 2 fully saturated rings. The van der Waals surface area contributed by atoms with E-state index in [9.17, 15) is 4.79 Å². The third-order valence-electron chi connectivity index (χ3n) is 5.15. The Kier molecular flexibility index (Phi) is 4.88. The highest BCUT2D eigenvalue weighted by molar-refractivity contribution is 6.32. The minimum atomic E-state index is -0.311. The van der Waals surface area contributed by atoms with Gasteiger partial charge in [-0.25, -0.2) is 0 Å². The van der Waals surface area contributed by atoms with Crippen molar-refractivity contribution in [3.63, 3.8) is 0 Å². The first-order chi connectivity index (χ1) is 12.7. The minimum absolute atomic E-state index is 0.0401. The molecule has 2 saturated heterocycles. The molecule has 0 aromatic heterocycles. The van der Waals surface area contributed by atoms with Gasteiger partial charge in [0.05, 0.1) is 23.8 Å². The van der Waals surface area contributed by atoms with Crippen LogP contribution in [0, 0.1) is 0 Å². The highest BCUT2D eigenvalue weighted by atomic mass is 35.5. The van der Waals surface area contributed by atoms with Crippen LogP contribution in [0.15, 0.2) is 54.6 Å². The number of para-hydroxylation sites is 1. The lowest BCUT2D eigenvalue weighted by Gasteiger charge is -2.39. The van der Waals surface area contributed by atoms with E-state index in [1.807, 2.05) is 59.5 Å². The molecular weight excluding hydrogens is 350 g/mol. The number of hydrogen-bond acceptors (Lipinski definition) is 3. The molecule has 1 spiro atoms. The van der Waals surface area contributed by atoms with Crippen molar-refractivity contribution in [1.29, 1.82) is 0 Å². The molecule has 0 saturated carbocycles. The molecule has 1 amide bonds. The molecule has 2 aliphatic rings. The van der Waals surface area contributed by atoms with Gasteiger partial charge in [0.15, 0.2) is 0 Å². The van der Waals surface area contributed by atoms with Gasteiger partial charge in [-0.1, -0.05) is 41.9 Å². The number of piperidine rings is 1. The van der Waals surface area contributed by atoms with Crippen molar-refractivity contribution in [3.05, 3.63) is 65.2 Å². The van der Waals surface area contributed by atoms with Gasteiger partial charge in [-0.05, 0) is 37.1 Å². The van der Waals surface area contributed by atoms with Crippen molar-refractivity contribution < 1.29 is 14.3 Å². The maximum absolute atomic E-state index is 12.8. The molecule has 2 aliphatic heterocycles. The van der Waals surface area contributed by atoms with Crippen LogP contribution in [0.3, 0.4) is 0 Å². The van der Waals surface area contributed by atoms with Crippen LogP contribution < -0.4 is 4.74 Å². The van der Waals surface area contributed by atoms with Crippen LogP contribution >= 0.6 is 11.6 Å². The number of amides is 1. The van der Waals surface area contributed by atoms with Gasteiger partial charge in [0.1, 0.15) is 11.9 Å². The Hall–Kier alpha value is -2.04. The summed E-state index contributed by atoms with van der Waals surface area (Å²) in [7, 11) is 0. The fraction of sp³-hybridized carbons (Fsp3) is 0.381. The van der Waals surface area contributed by atoms with Crippen LogP contribution in [0.5, 0.6) is 5.75 Å². The van der Waals surface area contributed by atoms with Gasteiger partial charge in [-0.15, -0.1) is 0 Å². The van der Waals surface area contributed by atoms with Crippen molar-refractivity contribution in [2.75, 3.05) is 19.7 Å². The van der Waals surface area contributed by atoms with Crippen LogP contribution in [0.25, 0.3) is 0 Å². The minimum Gasteiger partial charge on any atom is -0.486 e. The van der Waals surface area contributed by atoms with E-state index in [2.05, 4.69) is 0 Å².